The van der Waals surface area contributed by atoms with E-state index in [0.717, 1.165) is 32.7 Å². The largest absolute Gasteiger partial charge is 0.345 e. The second kappa shape index (κ2) is 7.22. The summed E-state index contributed by atoms with van der Waals surface area (Å²) in [6, 6.07) is 0.666. The van der Waals surface area contributed by atoms with Gasteiger partial charge in [-0.25, -0.2) is 4.98 Å². The lowest BCUT2D eigenvalue weighted by atomic mass is 10.1. The lowest BCUT2D eigenvalue weighted by molar-refractivity contribution is 0.213. The summed E-state index contributed by atoms with van der Waals surface area (Å²) < 4.78 is 0. The fraction of sp³-hybridized carbons (Fsp3) is 0.786. The Labute approximate surface area is 120 Å². The number of likely N-dealkylation sites (N-methyl/N-ethyl adjacent to an activating group) is 1. The Hall–Kier alpha value is -0.650. The summed E-state index contributed by atoms with van der Waals surface area (Å²) in [5.74, 6) is 0. The Morgan fingerprint density at radius 1 is 1.42 bits per heavy atom. The highest BCUT2D eigenvalue weighted by molar-refractivity contribution is 7.13. The minimum absolute atomic E-state index is 0.666. The molecule has 1 unspecified atom stereocenters. The molecule has 1 aromatic heterocycles. The van der Waals surface area contributed by atoms with Gasteiger partial charge in [-0.15, -0.1) is 11.3 Å². The molecule has 4 nitrogen and oxygen atoms in total. The summed E-state index contributed by atoms with van der Waals surface area (Å²) >= 11 is 1.78. The van der Waals surface area contributed by atoms with E-state index in [9.17, 15) is 0 Å². The van der Waals surface area contributed by atoms with Crippen molar-refractivity contribution in [2.75, 3.05) is 38.1 Å². The highest BCUT2D eigenvalue weighted by Gasteiger charge is 2.24. The standard InChI is InChI=1S/C14H26N4S/c1-4-6-15-9-12-11-19-14(16-12)18-8-7-17(3)13(5-2)10-18/h11,13,15H,4-10H2,1-3H3. The predicted molar refractivity (Wildman–Crippen MR) is 83.0 cm³/mol. The molecular formula is C14H26N4S. The first kappa shape index (κ1) is 14.8. The number of nitrogens with zero attached hydrogens (tertiary/aromatic N) is 3. The topological polar surface area (TPSA) is 31.4 Å². The molecular weight excluding hydrogens is 256 g/mol. The number of aromatic nitrogens is 1. The molecule has 0 aliphatic carbocycles. The van der Waals surface area contributed by atoms with E-state index in [1.807, 2.05) is 0 Å². The van der Waals surface area contributed by atoms with Gasteiger partial charge in [0.05, 0.1) is 5.69 Å². The first-order valence-corrected chi connectivity index (χ1v) is 8.22. The van der Waals surface area contributed by atoms with Crippen LogP contribution in [0, 0.1) is 0 Å². The Balaban J connectivity index is 1.91. The van der Waals surface area contributed by atoms with Crippen molar-refractivity contribution in [3.63, 3.8) is 0 Å². The van der Waals surface area contributed by atoms with Gasteiger partial charge in [-0.3, -0.25) is 4.90 Å². The lowest BCUT2D eigenvalue weighted by Crippen LogP contribution is -2.51. The van der Waals surface area contributed by atoms with Gasteiger partial charge in [-0.1, -0.05) is 13.8 Å². The highest BCUT2D eigenvalue weighted by atomic mass is 32.1. The molecule has 108 valence electrons. The number of thiazole rings is 1. The van der Waals surface area contributed by atoms with Gasteiger partial charge >= 0.3 is 0 Å². The van der Waals surface area contributed by atoms with Gasteiger partial charge in [0.2, 0.25) is 0 Å². The molecule has 0 amide bonds. The number of anilines is 1. The minimum Gasteiger partial charge on any atom is -0.345 e. The first-order chi connectivity index (χ1) is 9.24. The molecule has 1 atom stereocenters. The maximum Gasteiger partial charge on any atom is 0.185 e. The SMILES string of the molecule is CCCNCc1csc(N2CCN(C)C(CC)C2)n1. The molecule has 1 aliphatic rings. The average molecular weight is 282 g/mol. The van der Waals surface area contributed by atoms with Crippen LogP contribution < -0.4 is 10.2 Å². The molecule has 19 heavy (non-hydrogen) atoms. The summed E-state index contributed by atoms with van der Waals surface area (Å²) in [5.41, 5.74) is 1.18. The smallest absolute Gasteiger partial charge is 0.185 e. The summed E-state index contributed by atoms with van der Waals surface area (Å²) in [4.78, 5) is 9.68. The molecule has 5 heteroatoms. The Morgan fingerprint density at radius 2 is 2.26 bits per heavy atom. The van der Waals surface area contributed by atoms with Gasteiger partial charge in [0.25, 0.3) is 0 Å². The molecule has 0 spiro atoms. The molecule has 0 radical (unpaired) electrons. The van der Waals surface area contributed by atoms with Crippen molar-refractivity contribution in [3.05, 3.63) is 11.1 Å². The number of piperazine rings is 1. The Kier molecular flexibility index (Phi) is 5.60. The van der Waals surface area contributed by atoms with Crippen LogP contribution >= 0.6 is 11.3 Å². The van der Waals surface area contributed by atoms with Crippen molar-refractivity contribution in [2.24, 2.45) is 0 Å². The van der Waals surface area contributed by atoms with Crippen LogP contribution in [0.3, 0.4) is 0 Å². The van der Waals surface area contributed by atoms with Gasteiger partial charge in [0.1, 0.15) is 0 Å². The minimum atomic E-state index is 0.666. The molecule has 1 aromatic rings. The summed E-state index contributed by atoms with van der Waals surface area (Å²) in [5, 5.41) is 6.80. The highest BCUT2D eigenvalue weighted by Crippen LogP contribution is 2.23. The number of hydrogen-bond donors (Lipinski definition) is 1. The summed E-state index contributed by atoms with van der Waals surface area (Å²) in [7, 11) is 2.23. The normalized spacial score (nSPS) is 21.0. The van der Waals surface area contributed by atoms with Crippen LogP contribution in [0.1, 0.15) is 32.4 Å². The van der Waals surface area contributed by atoms with E-state index in [4.69, 9.17) is 4.98 Å². The number of hydrogen-bond acceptors (Lipinski definition) is 5. The maximum atomic E-state index is 4.76. The maximum absolute atomic E-state index is 4.76. The van der Waals surface area contributed by atoms with E-state index < -0.39 is 0 Å². The third-order valence-electron chi connectivity index (χ3n) is 3.79. The molecule has 1 fully saturated rings. The van der Waals surface area contributed by atoms with Gasteiger partial charge in [-0.05, 0) is 26.4 Å². The fourth-order valence-electron chi connectivity index (χ4n) is 2.48. The molecule has 1 N–H and O–H groups in total. The number of nitrogens with one attached hydrogen (secondary N) is 1. The third-order valence-corrected chi connectivity index (χ3v) is 4.74. The van der Waals surface area contributed by atoms with Crippen molar-refractivity contribution in [3.8, 4) is 0 Å². The molecule has 2 heterocycles. The van der Waals surface area contributed by atoms with E-state index in [1.165, 1.54) is 23.7 Å². The lowest BCUT2D eigenvalue weighted by Gasteiger charge is -2.39. The van der Waals surface area contributed by atoms with Gasteiger partial charge in [0.15, 0.2) is 5.13 Å². The van der Waals surface area contributed by atoms with E-state index >= 15 is 0 Å². The van der Waals surface area contributed by atoms with Gasteiger partial charge in [0, 0.05) is 37.6 Å². The zero-order valence-corrected chi connectivity index (χ0v) is 13.2. The van der Waals surface area contributed by atoms with Crippen molar-refractivity contribution < 1.29 is 0 Å². The summed E-state index contributed by atoms with van der Waals surface area (Å²) in [6.07, 6.45) is 2.39. The van der Waals surface area contributed by atoms with E-state index in [2.05, 4.69) is 41.4 Å². The zero-order chi connectivity index (χ0) is 13.7. The quantitative estimate of drug-likeness (QED) is 0.810. The fourth-order valence-corrected chi connectivity index (χ4v) is 3.34. The average Bonchev–Trinajstić information content (AvgIpc) is 2.88. The van der Waals surface area contributed by atoms with Crippen molar-refractivity contribution in [2.45, 2.75) is 39.3 Å². The van der Waals surface area contributed by atoms with Crippen LogP contribution in [0.5, 0.6) is 0 Å². The van der Waals surface area contributed by atoms with E-state index in [1.54, 1.807) is 11.3 Å². The molecule has 1 aliphatic heterocycles. The molecule has 2 rings (SSSR count). The van der Waals surface area contributed by atoms with E-state index in [-0.39, 0.29) is 0 Å². The number of rotatable bonds is 6. The Morgan fingerprint density at radius 3 is 3.00 bits per heavy atom. The van der Waals surface area contributed by atoms with Crippen LogP contribution in [0.15, 0.2) is 5.38 Å². The Bertz CT molecular complexity index is 379. The second-order valence-corrected chi connectivity index (χ2v) is 6.12. The van der Waals surface area contributed by atoms with Crippen LogP contribution in [0.25, 0.3) is 0 Å². The van der Waals surface area contributed by atoms with Crippen LogP contribution in [-0.4, -0.2) is 49.2 Å². The molecule has 0 aromatic carbocycles. The van der Waals surface area contributed by atoms with Crippen molar-refractivity contribution in [1.82, 2.24) is 15.2 Å². The van der Waals surface area contributed by atoms with Crippen LogP contribution in [0.2, 0.25) is 0 Å². The van der Waals surface area contributed by atoms with Crippen LogP contribution in [-0.2, 0) is 6.54 Å². The third kappa shape index (κ3) is 3.91. The summed E-state index contributed by atoms with van der Waals surface area (Å²) in [6.45, 7) is 9.78. The van der Waals surface area contributed by atoms with Crippen molar-refractivity contribution >= 4 is 16.5 Å². The molecule has 1 saturated heterocycles. The van der Waals surface area contributed by atoms with Crippen LogP contribution in [0.4, 0.5) is 5.13 Å². The monoisotopic (exact) mass is 282 g/mol. The van der Waals surface area contributed by atoms with E-state index in [0.29, 0.717) is 6.04 Å². The van der Waals surface area contributed by atoms with Gasteiger partial charge < -0.3 is 10.2 Å². The second-order valence-electron chi connectivity index (χ2n) is 5.29. The first-order valence-electron chi connectivity index (χ1n) is 7.34. The predicted octanol–water partition coefficient (Wildman–Crippen LogP) is 2.17. The van der Waals surface area contributed by atoms with Gasteiger partial charge in [-0.2, -0.15) is 0 Å². The molecule has 0 saturated carbocycles. The molecule has 0 bridgehead atoms. The van der Waals surface area contributed by atoms with Crippen molar-refractivity contribution in [1.29, 1.82) is 0 Å². The zero-order valence-electron chi connectivity index (χ0n) is 12.4.